The van der Waals surface area contributed by atoms with Crippen molar-refractivity contribution in [3.8, 4) is 11.1 Å². The molecule has 1 aromatic heterocycles. The van der Waals surface area contributed by atoms with Gasteiger partial charge in [0.2, 0.25) is 5.91 Å². The van der Waals surface area contributed by atoms with Crippen LogP contribution < -0.4 is 11.1 Å². The van der Waals surface area contributed by atoms with Gasteiger partial charge in [0.15, 0.2) is 0 Å². The lowest BCUT2D eigenvalue weighted by atomic mass is 9.72. The Morgan fingerprint density at radius 1 is 1.26 bits per heavy atom. The first kappa shape index (κ1) is 17.5. The van der Waals surface area contributed by atoms with Crippen molar-refractivity contribution in [2.75, 3.05) is 5.32 Å². The number of nitrogens with zero attached hydrogens (tertiary/aromatic N) is 2. The average Bonchev–Trinajstić information content (AvgIpc) is 2.63. The maximum atomic E-state index is 13.5. The second-order valence-electron chi connectivity index (χ2n) is 7.30. The summed E-state index contributed by atoms with van der Waals surface area (Å²) in [4.78, 5) is 30.0. The van der Waals surface area contributed by atoms with Crippen LogP contribution in [0.1, 0.15) is 24.8 Å². The van der Waals surface area contributed by atoms with Gasteiger partial charge in [0.05, 0.1) is 12.1 Å². The van der Waals surface area contributed by atoms with E-state index in [1.165, 1.54) is 6.07 Å². The molecule has 0 radical (unpaired) electrons. The second-order valence-corrected chi connectivity index (χ2v) is 7.30. The fourth-order valence-corrected chi connectivity index (χ4v) is 4.22. The van der Waals surface area contributed by atoms with Gasteiger partial charge < -0.3 is 16.0 Å². The molecule has 0 saturated carbocycles. The number of hydrogen-bond acceptors (Lipinski definition) is 3. The van der Waals surface area contributed by atoms with Gasteiger partial charge in [-0.25, -0.2) is 9.18 Å². The first-order valence-corrected chi connectivity index (χ1v) is 9.04. The summed E-state index contributed by atoms with van der Waals surface area (Å²) in [7, 11) is 0. The van der Waals surface area contributed by atoms with Crippen molar-refractivity contribution < 1.29 is 14.0 Å². The van der Waals surface area contributed by atoms with E-state index < -0.39 is 5.82 Å². The summed E-state index contributed by atoms with van der Waals surface area (Å²) in [6.45, 7) is 1.92. The largest absolute Gasteiger partial charge is 0.369 e. The van der Waals surface area contributed by atoms with Crippen LogP contribution in [0.2, 0.25) is 0 Å². The van der Waals surface area contributed by atoms with Crippen LogP contribution in [0, 0.1) is 18.7 Å². The zero-order valence-electron chi connectivity index (χ0n) is 15.0. The van der Waals surface area contributed by atoms with E-state index in [1.54, 1.807) is 11.1 Å². The number of hydrogen-bond donors (Lipinski definition) is 2. The summed E-state index contributed by atoms with van der Waals surface area (Å²) in [5.74, 6) is -1.02. The molecule has 2 aliphatic heterocycles. The third-order valence-corrected chi connectivity index (χ3v) is 5.64. The number of amides is 3. The van der Waals surface area contributed by atoms with Crippen molar-refractivity contribution in [2.24, 2.45) is 11.7 Å². The van der Waals surface area contributed by atoms with Crippen molar-refractivity contribution in [3.63, 3.8) is 0 Å². The normalized spacial score (nSPS) is 23.5. The zero-order chi connectivity index (χ0) is 19.1. The number of carbonyl (C=O) groups excluding carboxylic acids is 2. The molecule has 0 spiro atoms. The summed E-state index contributed by atoms with van der Waals surface area (Å²) in [5, 5.41) is 2.90. The molecule has 6 nitrogen and oxygen atoms in total. The summed E-state index contributed by atoms with van der Waals surface area (Å²) in [6.07, 6.45) is 5.12. The van der Waals surface area contributed by atoms with Gasteiger partial charge in [-0.3, -0.25) is 9.78 Å². The molecule has 2 aromatic rings. The number of aryl methyl sites for hydroxylation is 1. The Bertz CT molecular complexity index is 915. The molecule has 2 fully saturated rings. The molecule has 3 amide bonds. The summed E-state index contributed by atoms with van der Waals surface area (Å²) in [6, 6.07) is 6.74. The Morgan fingerprint density at radius 3 is 2.78 bits per heavy atom. The van der Waals surface area contributed by atoms with Gasteiger partial charge in [-0.05, 0) is 55.5 Å². The number of nitrogens with one attached hydrogen (secondary N) is 1. The fraction of sp³-hybridized carbons (Fsp3) is 0.350. The minimum atomic E-state index is -0.410. The Kier molecular flexibility index (Phi) is 4.30. The van der Waals surface area contributed by atoms with E-state index in [1.807, 2.05) is 25.1 Å². The Morgan fingerprint density at radius 2 is 2.07 bits per heavy atom. The quantitative estimate of drug-likeness (QED) is 0.873. The first-order valence-electron chi connectivity index (χ1n) is 9.04. The van der Waals surface area contributed by atoms with Crippen LogP contribution in [-0.2, 0) is 4.79 Å². The van der Waals surface area contributed by atoms with Gasteiger partial charge in [0.25, 0.3) is 0 Å². The van der Waals surface area contributed by atoms with Gasteiger partial charge in [0, 0.05) is 29.5 Å². The molecule has 1 aromatic carbocycles. The predicted molar refractivity (Wildman–Crippen MR) is 99.3 cm³/mol. The van der Waals surface area contributed by atoms with Crippen LogP contribution in [-0.4, -0.2) is 33.9 Å². The minimum absolute atomic E-state index is 0.112. The number of carbonyl (C=O) groups is 2. The number of rotatable bonds is 3. The summed E-state index contributed by atoms with van der Waals surface area (Å²) < 4.78 is 13.5. The monoisotopic (exact) mass is 368 g/mol. The van der Waals surface area contributed by atoms with E-state index in [2.05, 4.69) is 10.3 Å². The minimum Gasteiger partial charge on any atom is -0.369 e. The maximum absolute atomic E-state index is 13.5. The molecule has 2 aliphatic rings. The number of nitrogens with two attached hydrogens (primary N) is 1. The van der Waals surface area contributed by atoms with Crippen LogP contribution in [0.5, 0.6) is 0 Å². The van der Waals surface area contributed by atoms with Crippen LogP contribution in [0.4, 0.5) is 14.9 Å². The van der Waals surface area contributed by atoms with Gasteiger partial charge in [0.1, 0.15) is 5.82 Å². The zero-order valence-corrected chi connectivity index (χ0v) is 15.0. The van der Waals surface area contributed by atoms with Crippen LogP contribution in [0.3, 0.4) is 0 Å². The Labute approximate surface area is 156 Å². The number of pyridine rings is 1. The molecule has 27 heavy (non-hydrogen) atoms. The number of halogens is 1. The highest BCUT2D eigenvalue weighted by Crippen LogP contribution is 2.42. The van der Waals surface area contributed by atoms with Crippen LogP contribution >= 0.6 is 0 Å². The smallest absolute Gasteiger partial charge is 0.322 e. The van der Waals surface area contributed by atoms with E-state index in [4.69, 9.17) is 5.73 Å². The lowest BCUT2D eigenvalue weighted by molar-refractivity contribution is -0.130. The number of piperidine rings is 1. The lowest BCUT2D eigenvalue weighted by Crippen LogP contribution is -2.67. The molecule has 4 rings (SSSR count). The van der Waals surface area contributed by atoms with Gasteiger partial charge in [-0.2, -0.15) is 0 Å². The molecule has 7 heteroatoms. The fourth-order valence-electron chi connectivity index (χ4n) is 4.22. The molecule has 2 bridgehead atoms. The maximum Gasteiger partial charge on any atom is 0.322 e. The van der Waals surface area contributed by atoms with Crippen LogP contribution in [0.15, 0.2) is 36.7 Å². The second kappa shape index (κ2) is 6.64. The topological polar surface area (TPSA) is 88.3 Å². The lowest BCUT2D eigenvalue weighted by Gasteiger charge is -2.55. The number of anilines is 1. The third kappa shape index (κ3) is 3.13. The van der Waals surface area contributed by atoms with E-state index in [-0.39, 0.29) is 29.9 Å². The average molecular weight is 368 g/mol. The molecule has 3 heterocycles. The van der Waals surface area contributed by atoms with Gasteiger partial charge in [-0.1, -0.05) is 6.07 Å². The van der Waals surface area contributed by atoms with Crippen molar-refractivity contribution in [2.45, 2.75) is 38.3 Å². The Balaban J connectivity index is 1.54. The van der Waals surface area contributed by atoms with E-state index in [9.17, 15) is 14.0 Å². The molecule has 0 aliphatic carbocycles. The Hall–Kier alpha value is -2.96. The van der Waals surface area contributed by atoms with Gasteiger partial charge in [-0.15, -0.1) is 0 Å². The highest BCUT2D eigenvalue weighted by atomic mass is 19.1. The van der Waals surface area contributed by atoms with Crippen molar-refractivity contribution in [3.05, 3.63) is 48.0 Å². The third-order valence-electron chi connectivity index (χ3n) is 5.64. The van der Waals surface area contributed by atoms with E-state index >= 15 is 0 Å². The first-order chi connectivity index (χ1) is 12.9. The summed E-state index contributed by atoms with van der Waals surface area (Å²) in [5.41, 5.74) is 8.50. The standard InChI is InChI=1S/C20H21FN4O2/c1-11-2-3-14(7-17(11)12-6-13(21)10-23-9-12)24-20(27)25-15-4-5-16(19(22)26)18(25)8-15/h2-3,6-7,9-10,15-16,18H,4-5,8H2,1H3,(H2,22,26)(H,24,27). The number of aromatic nitrogens is 1. The molecular formula is C20H21FN4O2. The van der Waals surface area contributed by atoms with Crippen LogP contribution in [0.25, 0.3) is 11.1 Å². The van der Waals surface area contributed by atoms with Crippen molar-refractivity contribution in [1.29, 1.82) is 0 Å². The number of benzene rings is 1. The van der Waals surface area contributed by atoms with Crippen molar-refractivity contribution in [1.82, 2.24) is 9.88 Å². The summed E-state index contributed by atoms with van der Waals surface area (Å²) >= 11 is 0. The molecule has 140 valence electrons. The number of fused-ring (bicyclic) bond motifs is 2. The predicted octanol–water partition coefficient (Wildman–Crippen LogP) is 3.07. The molecule has 3 unspecified atom stereocenters. The number of urea groups is 1. The van der Waals surface area contributed by atoms with Gasteiger partial charge >= 0.3 is 6.03 Å². The number of primary amides is 1. The molecule has 3 atom stereocenters. The van der Waals surface area contributed by atoms with E-state index in [0.717, 1.165) is 36.6 Å². The molecule has 3 N–H and O–H groups in total. The molecular weight excluding hydrogens is 347 g/mol. The van der Waals surface area contributed by atoms with E-state index in [0.29, 0.717) is 11.3 Å². The highest BCUT2D eigenvalue weighted by Gasteiger charge is 2.51. The highest BCUT2D eigenvalue weighted by molar-refractivity contribution is 5.92. The van der Waals surface area contributed by atoms with Crippen molar-refractivity contribution >= 4 is 17.6 Å². The molecule has 2 saturated heterocycles. The SMILES string of the molecule is Cc1ccc(NC(=O)N2C3CCC(C(N)=O)C2C3)cc1-c1cncc(F)c1.